The maximum Gasteiger partial charge on any atom is 0.231 e. The number of benzene rings is 1. The molecule has 164 valence electrons. The molecule has 2 N–H and O–H groups in total. The van der Waals surface area contributed by atoms with Crippen LogP contribution in [0.2, 0.25) is 0 Å². The molecule has 0 atom stereocenters. The van der Waals surface area contributed by atoms with Gasteiger partial charge in [-0.2, -0.15) is 0 Å². The molecule has 1 aromatic heterocycles. The maximum absolute atomic E-state index is 5.54. The molecule has 4 rings (SSSR count). The fourth-order valence-corrected chi connectivity index (χ4v) is 3.90. The lowest BCUT2D eigenvalue weighted by Gasteiger charge is -2.19. The average molecular weight is 526 g/mol. The molecule has 2 aliphatic rings. The van der Waals surface area contributed by atoms with E-state index in [-0.39, 0.29) is 29.4 Å². The summed E-state index contributed by atoms with van der Waals surface area (Å²) in [4.78, 5) is 4.35. The van der Waals surface area contributed by atoms with Gasteiger partial charge in [0.2, 0.25) is 6.79 Å². The van der Waals surface area contributed by atoms with Gasteiger partial charge >= 0.3 is 0 Å². The molecule has 1 fully saturated rings. The van der Waals surface area contributed by atoms with Crippen LogP contribution in [-0.2, 0) is 12.0 Å². The Kier molecular flexibility index (Phi) is 7.49. The van der Waals surface area contributed by atoms with Crippen molar-refractivity contribution in [3.05, 3.63) is 41.3 Å². The van der Waals surface area contributed by atoms with Crippen LogP contribution in [0.25, 0.3) is 0 Å². The van der Waals surface area contributed by atoms with E-state index < -0.39 is 0 Å². The van der Waals surface area contributed by atoms with Crippen molar-refractivity contribution in [3.63, 3.8) is 0 Å². The molecule has 0 spiro atoms. The summed E-state index contributed by atoms with van der Waals surface area (Å²) in [7, 11) is 1.78. The van der Waals surface area contributed by atoms with E-state index in [0.29, 0.717) is 19.3 Å². The van der Waals surface area contributed by atoms with Crippen LogP contribution in [0.5, 0.6) is 11.5 Å². The Morgan fingerprint density at radius 1 is 1.13 bits per heavy atom. The van der Waals surface area contributed by atoms with Gasteiger partial charge in [-0.15, -0.1) is 24.0 Å². The smallest absolute Gasteiger partial charge is 0.231 e. The predicted molar refractivity (Wildman–Crippen MR) is 127 cm³/mol. The standard InChI is InChI=1S/C22H30N4O3.HI/c1-4-15(5-2)18-11-17(29-26-18)12-24-21(23-3)25-13-22(8-9-22)16-6-7-19-20(10-16)28-14-27-19;/h6-7,10-11,15H,4-5,8-9,12-14H2,1-3H3,(H2,23,24,25);1H. The summed E-state index contributed by atoms with van der Waals surface area (Å²) >= 11 is 0. The van der Waals surface area contributed by atoms with Crippen LogP contribution in [0.4, 0.5) is 0 Å². The van der Waals surface area contributed by atoms with Crippen LogP contribution >= 0.6 is 24.0 Å². The van der Waals surface area contributed by atoms with Gasteiger partial charge in [-0.3, -0.25) is 4.99 Å². The van der Waals surface area contributed by atoms with E-state index >= 15 is 0 Å². The van der Waals surface area contributed by atoms with Crippen molar-refractivity contribution >= 4 is 29.9 Å². The third-order valence-corrected chi connectivity index (χ3v) is 6.07. The van der Waals surface area contributed by atoms with Crippen molar-refractivity contribution in [3.8, 4) is 11.5 Å². The second-order valence-corrected chi connectivity index (χ2v) is 7.86. The van der Waals surface area contributed by atoms with Crippen LogP contribution in [-0.4, -0.2) is 31.5 Å². The van der Waals surface area contributed by atoms with Gasteiger partial charge in [-0.1, -0.05) is 25.1 Å². The molecule has 8 heteroatoms. The topological polar surface area (TPSA) is 80.9 Å². The zero-order valence-corrected chi connectivity index (χ0v) is 20.2. The number of hydrogen-bond donors (Lipinski definition) is 2. The van der Waals surface area contributed by atoms with Crippen LogP contribution in [0.3, 0.4) is 0 Å². The van der Waals surface area contributed by atoms with Crippen molar-refractivity contribution in [2.24, 2.45) is 4.99 Å². The highest BCUT2D eigenvalue weighted by Gasteiger charge is 2.44. The first-order chi connectivity index (χ1) is 14.2. The van der Waals surface area contributed by atoms with Crippen LogP contribution in [0.15, 0.2) is 33.8 Å². The van der Waals surface area contributed by atoms with E-state index in [2.05, 4.69) is 46.8 Å². The van der Waals surface area contributed by atoms with E-state index in [1.807, 2.05) is 12.1 Å². The summed E-state index contributed by atoms with van der Waals surface area (Å²) in [6, 6.07) is 8.31. The quantitative estimate of drug-likeness (QED) is 0.303. The van der Waals surface area contributed by atoms with Gasteiger partial charge in [0.15, 0.2) is 23.2 Å². The number of halogens is 1. The number of aromatic nitrogens is 1. The largest absolute Gasteiger partial charge is 0.454 e. The Morgan fingerprint density at radius 3 is 2.60 bits per heavy atom. The van der Waals surface area contributed by atoms with Crippen molar-refractivity contribution in [2.75, 3.05) is 20.4 Å². The third kappa shape index (κ3) is 4.84. The van der Waals surface area contributed by atoms with Gasteiger partial charge in [0, 0.05) is 31.0 Å². The van der Waals surface area contributed by atoms with E-state index in [1.54, 1.807) is 7.05 Å². The molecule has 0 saturated heterocycles. The fourth-order valence-electron chi connectivity index (χ4n) is 3.90. The highest BCUT2D eigenvalue weighted by molar-refractivity contribution is 14.0. The van der Waals surface area contributed by atoms with E-state index in [0.717, 1.165) is 61.1 Å². The summed E-state index contributed by atoms with van der Waals surface area (Å²) in [5, 5.41) is 11.0. The minimum absolute atomic E-state index is 0. The molecular weight excluding hydrogens is 495 g/mol. The lowest BCUT2D eigenvalue weighted by atomic mass is 9.95. The first-order valence-corrected chi connectivity index (χ1v) is 10.5. The molecular formula is C22H31IN4O3. The maximum atomic E-state index is 5.54. The van der Waals surface area contributed by atoms with Crippen molar-refractivity contribution in [1.29, 1.82) is 0 Å². The van der Waals surface area contributed by atoms with E-state index in [1.165, 1.54) is 5.56 Å². The van der Waals surface area contributed by atoms with Crippen LogP contribution in [0.1, 0.15) is 62.5 Å². The van der Waals surface area contributed by atoms with Gasteiger partial charge in [0.05, 0.1) is 12.2 Å². The second-order valence-electron chi connectivity index (χ2n) is 7.86. The number of hydrogen-bond acceptors (Lipinski definition) is 5. The Bertz CT molecular complexity index is 875. The molecule has 1 saturated carbocycles. The first-order valence-electron chi connectivity index (χ1n) is 10.5. The number of guanidine groups is 1. The van der Waals surface area contributed by atoms with Crippen molar-refractivity contribution in [2.45, 2.75) is 57.4 Å². The summed E-state index contributed by atoms with van der Waals surface area (Å²) in [5.74, 6) is 3.72. The van der Waals surface area contributed by atoms with Gasteiger partial charge in [0.25, 0.3) is 0 Å². The highest BCUT2D eigenvalue weighted by Crippen LogP contribution is 2.49. The Balaban J connectivity index is 0.00000256. The van der Waals surface area contributed by atoms with Gasteiger partial charge in [-0.05, 0) is 43.4 Å². The molecule has 0 amide bonds. The third-order valence-electron chi connectivity index (χ3n) is 6.07. The zero-order chi connectivity index (χ0) is 20.3. The summed E-state index contributed by atoms with van der Waals surface area (Å²) in [5.41, 5.74) is 2.46. The van der Waals surface area contributed by atoms with Gasteiger partial charge in [-0.25, -0.2) is 0 Å². The molecule has 30 heavy (non-hydrogen) atoms. The van der Waals surface area contributed by atoms with E-state index in [9.17, 15) is 0 Å². The monoisotopic (exact) mass is 526 g/mol. The highest BCUT2D eigenvalue weighted by atomic mass is 127. The molecule has 1 aliphatic heterocycles. The number of nitrogens with one attached hydrogen (secondary N) is 2. The minimum atomic E-state index is 0. The SMILES string of the molecule is CCC(CC)c1cc(CNC(=NC)NCC2(c3ccc4c(c3)OCO4)CC2)on1.I. The summed E-state index contributed by atoms with van der Waals surface area (Å²) in [6.07, 6.45) is 4.44. The van der Waals surface area contributed by atoms with Crippen molar-refractivity contribution in [1.82, 2.24) is 15.8 Å². The summed E-state index contributed by atoms with van der Waals surface area (Å²) in [6.45, 7) is 6.05. The van der Waals surface area contributed by atoms with Crippen LogP contribution < -0.4 is 20.1 Å². The molecule has 1 aliphatic carbocycles. The van der Waals surface area contributed by atoms with Crippen LogP contribution in [0, 0.1) is 0 Å². The van der Waals surface area contributed by atoms with Gasteiger partial charge in [0.1, 0.15) is 0 Å². The Labute approximate surface area is 195 Å². The summed E-state index contributed by atoms with van der Waals surface area (Å²) < 4.78 is 16.5. The lowest BCUT2D eigenvalue weighted by Crippen LogP contribution is -2.40. The van der Waals surface area contributed by atoms with E-state index in [4.69, 9.17) is 14.0 Å². The number of nitrogens with zero attached hydrogens (tertiary/aromatic N) is 2. The molecule has 1 aromatic carbocycles. The minimum Gasteiger partial charge on any atom is -0.454 e. The molecule has 2 heterocycles. The number of aliphatic imine (C=N–C) groups is 1. The predicted octanol–water partition coefficient (Wildman–Crippen LogP) is 4.32. The normalized spacial score (nSPS) is 16.3. The number of ether oxygens (including phenoxy) is 2. The Morgan fingerprint density at radius 2 is 1.90 bits per heavy atom. The van der Waals surface area contributed by atoms with Gasteiger partial charge < -0.3 is 24.6 Å². The van der Waals surface area contributed by atoms with Crippen molar-refractivity contribution < 1.29 is 14.0 Å². The molecule has 0 radical (unpaired) electrons. The molecule has 0 bridgehead atoms. The molecule has 7 nitrogen and oxygen atoms in total. The number of rotatable bonds is 8. The lowest BCUT2D eigenvalue weighted by molar-refractivity contribution is 0.174. The average Bonchev–Trinajstić information content (AvgIpc) is 3.15. The zero-order valence-electron chi connectivity index (χ0n) is 17.9. The molecule has 0 unspecified atom stereocenters. The fraction of sp³-hybridized carbons (Fsp3) is 0.545. The first kappa shape index (κ1) is 22.7. The second kappa shape index (κ2) is 9.89. The Hall–Kier alpha value is -1.97. The molecule has 2 aromatic rings. The number of fused-ring (bicyclic) bond motifs is 1.